The Kier molecular flexibility index (Phi) is 5.53. The molecule has 1 aliphatic rings. The number of hydrogen-bond donors (Lipinski definition) is 0. The van der Waals surface area contributed by atoms with Gasteiger partial charge in [0.25, 0.3) is 0 Å². The van der Waals surface area contributed by atoms with E-state index in [0.29, 0.717) is 30.3 Å². The molecule has 1 aromatic rings. The van der Waals surface area contributed by atoms with Gasteiger partial charge in [0.15, 0.2) is 0 Å². The standard InChI is InChI=1S/C16H22FNO3/c1-3-21-14(19)10-11-4-6-12(7-5-11)15-13(20-2)8-9-18-16(15)17/h8-9,11-12H,3-7,10H2,1-2H3. The summed E-state index contributed by atoms with van der Waals surface area (Å²) in [7, 11) is 1.55. The average molecular weight is 295 g/mol. The Hall–Kier alpha value is -1.65. The van der Waals surface area contributed by atoms with Crippen LogP contribution in [0.4, 0.5) is 4.39 Å². The zero-order chi connectivity index (χ0) is 15.2. The highest BCUT2D eigenvalue weighted by molar-refractivity contribution is 5.69. The highest BCUT2D eigenvalue weighted by Gasteiger charge is 2.28. The molecule has 0 aliphatic heterocycles. The molecule has 1 heterocycles. The first-order valence-electron chi connectivity index (χ1n) is 7.49. The zero-order valence-electron chi connectivity index (χ0n) is 12.6. The Bertz CT molecular complexity index is 484. The van der Waals surface area contributed by atoms with E-state index in [0.717, 1.165) is 25.7 Å². The number of nitrogens with zero attached hydrogens (tertiary/aromatic N) is 1. The second-order valence-corrected chi connectivity index (χ2v) is 5.44. The average Bonchev–Trinajstić information content (AvgIpc) is 2.48. The van der Waals surface area contributed by atoms with Crippen LogP contribution in [0.15, 0.2) is 12.3 Å². The van der Waals surface area contributed by atoms with E-state index in [1.807, 2.05) is 6.92 Å². The highest BCUT2D eigenvalue weighted by atomic mass is 19.1. The third-order valence-corrected chi connectivity index (χ3v) is 4.14. The summed E-state index contributed by atoms with van der Waals surface area (Å²) in [6.07, 6.45) is 5.39. The molecule has 21 heavy (non-hydrogen) atoms. The topological polar surface area (TPSA) is 48.4 Å². The quantitative estimate of drug-likeness (QED) is 0.616. The highest BCUT2D eigenvalue weighted by Crippen LogP contribution is 2.41. The Morgan fingerprint density at radius 2 is 2.10 bits per heavy atom. The Morgan fingerprint density at radius 3 is 2.71 bits per heavy atom. The smallest absolute Gasteiger partial charge is 0.306 e. The fourth-order valence-corrected chi connectivity index (χ4v) is 3.09. The molecule has 0 bridgehead atoms. The Morgan fingerprint density at radius 1 is 1.38 bits per heavy atom. The van der Waals surface area contributed by atoms with Crippen molar-refractivity contribution in [2.24, 2.45) is 5.92 Å². The first-order chi connectivity index (χ1) is 10.2. The minimum absolute atomic E-state index is 0.118. The zero-order valence-corrected chi connectivity index (χ0v) is 12.6. The van der Waals surface area contributed by atoms with Crippen LogP contribution in [0.3, 0.4) is 0 Å². The molecule has 0 spiro atoms. The molecule has 1 aromatic heterocycles. The molecule has 0 saturated heterocycles. The molecule has 4 nitrogen and oxygen atoms in total. The van der Waals surface area contributed by atoms with Gasteiger partial charge in [0.1, 0.15) is 5.75 Å². The molecule has 0 N–H and O–H groups in total. The van der Waals surface area contributed by atoms with Gasteiger partial charge in [-0.3, -0.25) is 4.79 Å². The largest absolute Gasteiger partial charge is 0.496 e. The monoisotopic (exact) mass is 295 g/mol. The van der Waals surface area contributed by atoms with Gasteiger partial charge in [-0.2, -0.15) is 4.39 Å². The molecule has 0 amide bonds. The number of halogens is 1. The van der Waals surface area contributed by atoms with Crippen molar-refractivity contribution >= 4 is 5.97 Å². The van der Waals surface area contributed by atoms with Crippen molar-refractivity contribution in [1.82, 2.24) is 4.98 Å². The maximum Gasteiger partial charge on any atom is 0.306 e. The predicted molar refractivity (Wildman–Crippen MR) is 76.7 cm³/mol. The number of carbonyl (C=O) groups is 1. The van der Waals surface area contributed by atoms with E-state index in [9.17, 15) is 9.18 Å². The maximum atomic E-state index is 14.0. The van der Waals surface area contributed by atoms with E-state index in [-0.39, 0.29) is 11.9 Å². The molecular weight excluding hydrogens is 273 g/mol. The number of ether oxygens (including phenoxy) is 2. The van der Waals surface area contributed by atoms with E-state index < -0.39 is 5.95 Å². The normalized spacial score (nSPS) is 21.9. The minimum Gasteiger partial charge on any atom is -0.496 e. The molecule has 5 heteroatoms. The maximum absolute atomic E-state index is 14.0. The van der Waals surface area contributed by atoms with Gasteiger partial charge in [-0.15, -0.1) is 0 Å². The van der Waals surface area contributed by atoms with Crippen LogP contribution in [-0.2, 0) is 9.53 Å². The molecular formula is C16H22FNO3. The van der Waals surface area contributed by atoms with Crippen LogP contribution in [0, 0.1) is 11.9 Å². The Balaban J connectivity index is 1.97. The van der Waals surface area contributed by atoms with Gasteiger partial charge in [0.05, 0.1) is 19.3 Å². The number of pyridine rings is 1. The molecule has 0 radical (unpaired) electrons. The summed E-state index contributed by atoms with van der Waals surface area (Å²) in [5, 5.41) is 0. The SMILES string of the molecule is CCOC(=O)CC1CCC(c2c(OC)ccnc2F)CC1. The van der Waals surface area contributed by atoms with E-state index in [4.69, 9.17) is 9.47 Å². The second-order valence-electron chi connectivity index (χ2n) is 5.44. The van der Waals surface area contributed by atoms with Gasteiger partial charge in [0.2, 0.25) is 5.95 Å². The number of aromatic nitrogens is 1. The van der Waals surface area contributed by atoms with Gasteiger partial charge >= 0.3 is 5.97 Å². The van der Waals surface area contributed by atoms with Crippen LogP contribution in [0.2, 0.25) is 0 Å². The van der Waals surface area contributed by atoms with Crippen LogP contribution in [0.1, 0.15) is 50.5 Å². The number of carbonyl (C=O) groups excluding carboxylic acids is 1. The summed E-state index contributed by atoms with van der Waals surface area (Å²) in [5.74, 6) is 0.448. The van der Waals surface area contributed by atoms with Crippen molar-refractivity contribution < 1.29 is 18.7 Å². The van der Waals surface area contributed by atoms with E-state index in [2.05, 4.69) is 4.98 Å². The summed E-state index contributed by atoms with van der Waals surface area (Å²) < 4.78 is 24.2. The lowest BCUT2D eigenvalue weighted by Gasteiger charge is -2.29. The van der Waals surface area contributed by atoms with E-state index >= 15 is 0 Å². The van der Waals surface area contributed by atoms with E-state index in [1.54, 1.807) is 13.2 Å². The van der Waals surface area contributed by atoms with Gasteiger partial charge in [-0.1, -0.05) is 0 Å². The fourth-order valence-electron chi connectivity index (χ4n) is 3.09. The van der Waals surface area contributed by atoms with Crippen molar-refractivity contribution in [1.29, 1.82) is 0 Å². The molecule has 0 aromatic carbocycles. The third kappa shape index (κ3) is 3.93. The van der Waals surface area contributed by atoms with Gasteiger partial charge in [-0.25, -0.2) is 4.98 Å². The summed E-state index contributed by atoms with van der Waals surface area (Å²) in [6.45, 7) is 2.23. The number of rotatable bonds is 5. The van der Waals surface area contributed by atoms with Crippen molar-refractivity contribution in [3.63, 3.8) is 0 Å². The van der Waals surface area contributed by atoms with E-state index in [1.165, 1.54) is 6.20 Å². The molecule has 0 atom stereocenters. The first kappa shape index (κ1) is 15.7. The van der Waals surface area contributed by atoms with Gasteiger partial charge in [-0.05, 0) is 50.5 Å². The number of hydrogen-bond acceptors (Lipinski definition) is 4. The lowest BCUT2D eigenvalue weighted by molar-refractivity contribution is -0.144. The first-order valence-corrected chi connectivity index (χ1v) is 7.49. The van der Waals surface area contributed by atoms with Crippen molar-refractivity contribution in [3.05, 3.63) is 23.8 Å². The van der Waals surface area contributed by atoms with Crippen LogP contribution in [0.25, 0.3) is 0 Å². The molecule has 0 unspecified atom stereocenters. The summed E-state index contributed by atoms with van der Waals surface area (Å²) in [6, 6.07) is 1.70. The molecule has 116 valence electrons. The number of methoxy groups -OCH3 is 1. The molecule has 1 saturated carbocycles. The van der Waals surface area contributed by atoms with Crippen molar-refractivity contribution in [2.45, 2.75) is 44.9 Å². The minimum atomic E-state index is -0.441. The molecule has 2 rings (SSSR count). The van der Waals surface area contributed by atoms with Gasteiger partial charge < -0.3 is 9.47 Å². The van der Waals surface area contributed by atoms with Crippen LogP contribution >= 0.6 is 0 Å². The van der Waals surface area contributed by atoms with Crippen LogP contribution < -0.4 is 4.74 Å². The van der Waals surface area contributed by atoms with Gasteiger partial charge in [0, 0.05) is 12.6 Å². The van der Waals surface area contributed by atoms with Crippen molar-refractivity contribution in [2.75, 3.05) is 13.7 Å². The van der Waals surface area contributed by atoms with Crippen molar-refractivity contribution in [3.8, 4) is 5.75 Å². The number of esters is 1. The predicted octanol–water partition coefficient (Wildman–Crippen LogP) is 3.46. The lowest BCUT2D eigenvalue weighted by Crippen LogP contribution is -2.19. The second kappa shape index (κ2) is 7.38. The lowest BCUT2D eigenvalue weighted by atomic mass is 9.77. The fraction of sp³-hybridized carbons (Fsp3) is 0.625. The van der Waals surface area contributed by atoms with Crippen LogP contribution in [-0.4, -0.2) is 24.7 Å². The van der Waals surface area contributed by atoms with Crippen LogP contribution in [0.5, 0.6) is 5.75 Å². The summed E-state index contributed by atoms with van der Waals surface area (Å²) in [5.41, 5.74) is 0.578. The summed E-state index contributed by atoms with van der Waals surface area (Å²) in [4.78, 5) is 15.2. The third-order valence-electron chi connectivity index (χ3n) is 4.14. The molecule has 1 aliphatic carbocycles. The molecule has 1 fully saturated rings. The summed E-state index contributed by atoms with van der Waals surface area (Å²) >= 11 is 0. The Labute approximate surface area is 124 Å².